The van der Waals surface area contributed by atoms with Gasteiger partial charge in [-0.2, -0.15) is 0 Å². The van der Waals surface area contributed by atoms with E-state index in [1.165, 1.54) is 6.33 Å². The normalized spacial score (nSPS) is 11.1. The lowest BCUT2D eigenvalue weighted by Gasteiger charge is -2.20. The Hall–Kier alpha value is -1.85. The van der Waals surface area contributed by atoms with E-state index in [0.717, 1.165) is 0 Å². The van der Waals surface area contributed by atoms with Gasteiger partial charge in [0.05, 0.1) is 0 Å². The van der Waals surface area contributed by atoms with Crippen LogP contribution in [-0.4, -0.2) is 21.4 Å². The third-order valence-corrected chi connectivity index (χ3v) is 2.96. The van der Waals surface area contributed by atoms with Crippen LogP contribution in [0.4, 0.5) is 11.5 Å². The second kappa shape index (κ2) is 6.50. The van der Waals surface area contributed by atoms with E-state index >= 15 is 0 Å². The summed E-state index contributed by atoms with van der Waals surface area (Å²) < 4.78 is 0. The molecule has 0 spiro atoms. The Morgan fingerprint density at radius 2 is 1.68 bits per heavy atom. The summed E-state index contributed by atoms with van der Waals surface area (Å²) in [5.41, 5.74) is 0.620. The van der Waals surface area contributed by atoms with Crippen LogP contribution in [0.2, 0.25) is 10.0 Å². The van der Waals surface area contributed by atoms with Gasteiger partial charge in [0, 0.05) is 27.3 Å². The van der Waals surface area contributed by atoms with Crippen LogP contribution in [-0.2, 0) is 0 Å². The summed E-state index contributed by atoms with van der Waals surface area (Å²) in [6.45, 7) is 5.71. The summed E-state index contributed by atoms with van der Waals surface area (Å²) in [6.07, 6.45) is 1.33. The highest BCUT2D eigenvalue weighted by molar-refractivity contribution is 6.35. The monoisotopic (exact) mass is 338 g/mol. The first-order valence-corrected chi connectivity index (χ1v) is 7.36. The maximum atomic E-state index is 12.1. The van der Waals surface area contributed by atoms with E-state index in [2.05, 4.69) is 20.6 Å². The molecule has 22 heavy (non-hydrogen) atoms. The number of carbonyl (C=O) groups is 1. The Bertz CT molecular complexity index is 678. The van der Waals surface area contributed by atoms with Crippen molar-refractivity contribution in [3.05, 3.63) is 46.3 Å². The summed E-state index contributed by atoms with van der Waals surface area (Å²) >= 11 is 11.9. The molecular weight excluding hydrogens is 323 g/mol. The highest BCUT2D eigenvalue weighted by Crippen LogP contribution is 2.24. The second-order valence-electron chi connectivity index (χ2n) is 5.78. The molecule has 0 atom stereocenters. The average Bonchev–Trinajstić information content (AvgIpc) is 2.35. The molecule has 2 N–H and O–H groups in total. The lowest BCUT2D eigenvalue weighted by atomic mass is 10.1. The molecule has 7 heteroatoms. The van der Waals surface area contributed by atoms with Crippen LogP contribution in [0.25, 0.3) is 0 Å². The molecule has 0 aliphatic carbocycles. The van der Waals surface area contributed by atoms with Gasteiger partial charge in [-0.15, -0.1) is 0 Å². The quantitative estimate of drug-likeness (QED) is 0.885. The number of hydrogen-bond acceptors (Lipinski definition) is 4. The predicted octanol–water partition coefficient (Wildman–Crippen LogP) is 4.06. The fourth-order valence-electron chi connectivity index (χ4n) is 1.73. The molecule has 116 valence electrons. The van der Waals surface area contributed by atoms with E-state index in [0.29, 0.717) is 21.6 Å². The van der Waals surface area contributed by atoms with Gasteiger partial charge in [-0.1, -0.05) is 23.2 Å². The molecule has 0 saturated heterocycles. The molecule has 5 nitrogen and oxygen atoms in total. The standard InChI is InChI=1S/C15H16Cl2N4O/c1-15(2,3)21-14(22)12-7-13(19-8-18-12)20-11-5-9(16)4-10(17)6-11/h4-8H,1-3H3,(H,21,22)(H,18,19,20). The van der Waals surface area contributed by atoms with Crippen molar-refractivity contribution in [2.75, 3.05) is 5.32 Å². The number of carbonyl (C=O) groups excluding carboxylic acids is 1. The van der Waals surface area contributed by atoms with Crippen LogP contribution < -0.4 is 10.6 Å². The van der Waals surface area contributed by atoms with Crippen LogP contribution in [0, 0.1) is 0 Å². The van der Waals surface area contributed by atoms with E-state index < -0.39 is 0 Å². The van der Waals surface area contributed by atoms with Crippen LogP contribution >= 0.6 is 23.2 Å². The maximum Gasteiger partial charge on any atom is 0.270 e. The van der Waals surface area contributed by atoms with Gasteiger partial charge < -0.3 is 10.6 Å². The van der Waals surface area contributed by atoms with Crippen molar-refractivity contribution in [1.82, 2.24) is 15.3 Å². The molecule has 0 aliphatic rings. The van der Waals surface area contributed by atoms with E-state index in [4.69, 9.17) is 23.2 Å². The Balaban J connectivity index is 2.19. The largest absolute Gasteiger partial charge is 0.346 e. The number of aromatic nitrogens is 2. The SMILES string of the molecule is CC(C)(C)NC(=O)c1cc(Nc2cc(Cl)cc(Cl)c2)ncn1. The smallest absolute Gasteiger partial charge is 0.270 e. The van der Waals surface area contributed by atoms with Gasteiger partial charge in [0.2, 0.25) is 0 Å². The molecule has 0 unspecified atom stereocenters. The third kappa shape index (κ3) is 4.86. The molecule has 1 amide bonds. The Labute approximate surface area is 139 Å². The number of nitrogens with zero attached hydrogens (tertiary/aromatic N) is 2. The summed E-state index contributed by atoms with van der Waals surface area (Å²) in [6, 6.07) is 6.63. The van der Waals surface area contributed by atoms with E-state index in [9.17, 15) is 4.79 Å². The average molecular weight is 339 g/mol. The minimum absolute atomic E-state index is 0.262. The molecule has 0 saturated carbocycles. The van der Waals surface area contributed by atoms with Crippen LogP contribution in [0.5, 0.6) is 0 Å². The molecule has 2 rings (SSSR count). The maximum absolute atomic E-state index is 12.1. The summed E-state index contributed by atoms with van der Waals surface area (Å²) in [5, 5.41) is 6.91. The lowest BCUT2D eigenvalue weighted by molar-refractivity contribution is 0.0914. The lowest BCUT2D eigenvalue weighted by Crippen LogP contribution is -2.40. The molecule has 0 fully saturated rings. The minimum Gasteiger partial charge on any atom is -0.346 e. The highest BCUT2D eigenvalue weighted by Gasteiger charge is 2.16. The molecule has 1 aromatic carbocycles. The van der Waals surface area contributed by atoms with Gasteiger partial charge in [-0.05, 0) is 39.0 Å². The topological polar surface area (TPSA) is 66.9 Å². The van der Waals surface area contributed by atoms with Gasteiger partial charge >= 0.3 is 0 Å². The Kier molecular flexibility index (Phi) is 4.88. The summed E-state index contributed by atoms with van der Waals surface area (Å²) in [5.74, 6) is 0.217. The number of hydrogen-bond donors (Lipinski definition) is 2. The number of halogens is 2. The Morgan fingerprint density at radius 1 is 1.05 bits per heavy atom. The molecule has 0 aliphatic heterocycles. The van der Waals surface area contributed by atoms with Gasteiger partial charge in [-0.3, -0.25) is 4.79 Å². The van der Waals surface area contributed by atoms with Gasteiger partial charge in [-0.25, -0.2) is 9.97 Å². The third-order valence-electron chi connectivity index (χ3n) is 2.52. The van der Waals surface area contributed by atoms with Crippen molar-refractivity contribution in [1.29, 1.82) is 0 Å². The number of nitrogens with one attached hydrogen (secondary N) is 2. The fourth-order valence-corrected chi connectivity index (χ4v) is 2.25. The van der Waals surface area contributed by atoms with Crippen LogP contribution in [0.1, 0.15) is 31.3 Å². The minimum atomic E-state index is -0.337. The molecule has 0 bridgehead atoms. The first-order valence-electron chi connectivity index (χ1n) is 6.61. The van der Waals surface area contributed by atoms with Crippen molar-refractivity contribution in [3.63, 3.8) is 0 Å². The zero-order chi connectivity index (χ0) is 16.3. The van der Waals surface area contributed by atoms with Crippen molar-refractivity contribution >= 4 is 40.6 Å². The first-order chi connectivity index (χ1) is 10.2. The number of amides is 1. The molecule has 0 radical (unpaired) electrons. The summed E-state index contributed by atoms with van der Waals surface area (Å²) in [7, 11) is 0. The predicted molar refractivity (Wildman–Crippen MR) is 89.0 cm³/mol. The second-order valence-corrected chi connectivity index (χ2v) is 6.65. The number of anilines is 2. The molecular formula is C15H16Cl2N4O. The van der Waals surface area contributed by atoms with Crippen molar-refractivity contribution in [2.24, 2.45) is 0 Å². The summed E-state index contributed by atoms with van der Waals surface area (Å²) in [4.78, 5) is 20.2. The van der Waals surface area contributed by atoms with E-state index in [-0.39, 0.29) is 17.1 Å². The zero-order valence-corrected chi connectivity index (χ0v) is 14.0. The van der Waals surface area contributed by atoms with Crippen LogP contribution in [0.15, 0.2) is 30.6 Å². The fraction of sp³-hybridized carbons (Fsp3) is 0.267. The molecule has 1 aromatic heterocycles. The molecule has 1 heterocycles. The van der Waals surface area contributed by atoms with Gasteiger partial charge in [0.25, 0.3) is 5.91 Å². The van der Waals surface area contributed by atoms with E-state index in [1.54, 1.807) is 24.3 Å². The zero-order valence-electron chi connectivity index (χ0n) is 12.4. The van der Waals surface area contributed by atoms with E-state index in [1.807, 2.05) is 20.8 Å². The van der Waals surface area contributed by atoms with Crippen LogP contribution in [0.3, 0.4) is 0 Å². The number of rotatable bonds is 3. The van der Waals surface area contributed by atoms with Crippen molar-refractivity contribution in [2.45, 2.75) is 26.3 Å². The Morgan fingerprint density at radius 3 is 2.27 bits per heavy atom. The first kappa shape index (κ1) is 16.5. The van der Waals surface area contributed by atoms with Gasteiger partial charge in [0.1, 0.15) is 17.8 Å². The molecule has 2 aromatic rings. The number of benzene rings is 1. The van der Waals surface area contributed by atoms with Gasteiger partial charge in [0.15, 0.2) is 0 Å². The van der Waals surface area contributed by atoms with Crippen molar-refractivity contribution < 1.29 is 4.79 Å². The highest BCUT2D eigenvalue weighted by atomic mass is 35.5. The van der Waals surface area contributed by atoms with Crippen molar-refractivity contribution in [3.8, 4) is 0 Å².